The molecule has 0 saturated carbocycles. The Kier molecular flexibility index (Phi) is 6.13. The normalized spacial score (nSPS) is 11.8. The van der Waals surface area contributed by atoms with Crippen LogP contribution in [0.3, 0.4) is 0 Å². The zero-order chi connectivity index (χ0) is 19.2. The van der Waals surface area contributed by atoms with Crippen molar-refractivity contribution in [3.63, 3.8) is 0 Å². The summed E-state index contributed by atoms with van der Waals surface area (Å²) in [6, 6.07) is 9.57. The van der Waals surface area contributed by atoms with Crippen molar-refractivity contribution in [1.29, 1.82) is 0 Å². The lowest BCUT2D eigenvalue weighted by molar-refractivity contribution is -0.138. The summed E-state index contributed by atoms with van der Waals surface area (Å²) in [5.74, 6) is 0.413. The first kappa shape index (κ1) is 19.0. The van der Waals surface area contributed by atoms with Gasteiger partial charge < -0.3 is 9.26 Å². The molecule has 0 N–H and O–H groups in total. The maximum Gasteiger partial charge on any atom is 0.340 e. The standard InChI is InChI=1S/C20H19FN2O3S/c1-13(2)10-18-22-19(26-23-18)12-25-20(24)16(17-4-3-9-27-17)11-14-5-7-15(21)8-6-14/h3-9,11,13H,10,12H2,1-2H3. The number of aromatic nitrogens is 2. The molecule has 1 aromatic carbocycles. The van der Waals surface area contributed by atoms with Gasteiger partial charge in [-0.3, -0.25) is 0 Å². The van der Waals surface area contributed by atoms with Crippen LogP contribution in [0.25, 0.3) is 11.6 Å². The third-order valence-corrected chi connectivity index (χ3v) is 4.52. The van der Waals surface area contributed by atoms with E-state index in [2.05, 4.69) is 24.0 Å². The first-order valence-corrected chi connectivity index (χ1v) is 9.39. The molecular weight excluding hydrogens is 367 g/mol. The van der Waals surface area contributed by atoms with Crippen LogP contribution in [0.1, 0.15) is 36.0 Å². The van der Waals surface area contributed by atoms with E-state index in [-0.39, 0.29) is 18.3 Å². The van der Waals surface area contributed by atoms with Gasteiger partial charge in [0.15, 0.2) is 12.4 Å². The van der Waals surface area contributed by atoms with Crippen molar-refractivity contribution >= 4 is 29.0 Å². The van der Waals surface area contributed by atoms with Crippen molar-refractivity contribution in [3.05, 3.63) is 69.8 Å². The summed E-state index contributed by atoms with van der Waals surface area (Å²) in [5.41, 5.74) is 1.09. The van der Waals surface area contributed by atoms with Crippen molar-refractivity contribution in [1.82, 2.24) is 10.1 Å². The van der Waals surface area contributed by atoms with Crippen molar-refractivity contribution < 1.29 is 18.4 Å². The van der Waals surface area contributed by atoms with Crippen LogP contribution < -0.4 is 0 Å². The summed E-state index contributed by atoms with van der Waals surface area (Å²) in [6.45, 7) is 4.02. The van der Waals surface area contributed by atoms with Crippen LogP contribution >= 0.6 is 11.3 Å². The first-order chi connectivity index (χ1) is 13.0. The molecule has 3 rings (SSSR count). The van der Waals surface area contributed by atoms with Crippen LogP contribution in [-0.4, -0.2) is 16.1 Å². The average molecular weight is 386 g/mol. The Morgan fingerprint density at radius 1 is 1.30 bits per heavy atom. The quantitative estimate of drug-likeness (QED) is 0.433. The molecule has 0 bridgehead atoms. The molecule has 0 aliphatic carbocycles. The average Bonchev–Trinajstić information content (AvgIpc) is 3.31. The van der Waals surface area contributed by atoms with E-state index in [9.17, 15) is 9.18 Å². The second kappa shape index (κ2) is 8.73. The Labute approximate surface area is 160 Å². The summed E-state index contributed by atoms with van der Waals surface area (Å²) in [7, 11) is 0. The van der Waals surface area contributed by atoms with E-state index < -0.39 is 5.97 Å². The van der Waals surface area contributed by atoms with Gasteiger partial charge >= 0.3 is 5.97 Å². The van der Waals surface area contributed by atoms with E-state index in [1.165, 1.54) is 23.5 Å². The molecule has 0 spiro atoms. The molecular formula is C20H19FN2O3S. The molecule has 0 aliphatic rings. The Balaban J connectivity index is 1.74. The number of ether oxygens (including phenoxy) is 1. The zero-order valence-corrected chi connectivity index (χ0v) is 15.8. The summed E-state index contributed by atoms with van der Waals surface area (Å²) in [4.78, 5) is 17.6. The smallest absolute Gasteiger partial charge is 0.340 e. The van der Waals surface area contributed by atoms with Crippen LogP contribution in [0.5, 0.6) is 0 Å². The fourth-order valence-corrected chi connectivity index (χ4v) is 3.12. The maximum absolute atomic E-state index is 13.1. The summed E-state index contributed by atoms with van der Waals surface area (Å²) in [5, 5.41) is 5.75. The van der Waals surface area contributed by atoms with Crippen molar-refractivity contribution in [2.24, 2.45) is 5.92 Å². The van der Waals surface area contributed by atoms with E-state index in [1.54, 1.807) is 18.2 Å². The van der Waals surface area contributed by atoms with Crippen LogP contribution in [0.4, 0.5) is 4.39 Å². The third kappa shape index (κ3) is 5.34. The maximum atomic E-state index is 13.1. The highest BCUT2D eigenvalue weighted by Crippen LogP contribution is 2.25. The predicted octanol–water partition coefficient (Wildman–Crippen LogP) is 4.75. The van der Waals surface area contributed by atoms with E-state index in [4.69, 9.17) is 9.26 Å². The van der Waals surface area contributed by atoms with E-state index in [1.807, 2.05) is 17.5 Å². The van der Waals surface area contributed by atoms with Gasteiger partial charge in [0.2, 0.25) is 0 Å². The molecule has 0 atom stereocenters. The van der Waals surface area contributed by atoms with Gasteiger partial charge in [-0.25, -0.2) is 9.18 Å². The van der Waals surface area contributed by atoms with Crippen LogP contribution in [-0.2, 0) is 22.6 Å². The lowest BCUT2D eigenvalue weighted by Gasteiger charge is -2.06. The molecule has 2 heterocycles. The van der Waals surface area contributed by atoms with Crippen LogP contribution in [0.15, 0.2) is 46.3 Å². The molecule has 0 fully saturated rings. The summed E-state index contributed by atoms with van der Waals surface area (Å²) < 4.78 is 23.6. The molecule has 0 unspecified atom stereocenters. The van der Waals surface area contributed by atoms with Gasteiger partial charge in [0.25, 0.3) is 5.89 Å². The Morgan fingerprint density at radius 3 is 2.74 bits per heavy atom. The number of hydrogen-bond acceptors (Lipinski definition) is 6. The number of hydrogen-bond donors (Lipinski definition) is 0. The SMILES string of the molecule is CC(C)Cc1noc(COC(=O)C(=Cc2ccc(F)cc2)c2cccs2)n1. The highest BCUT2D eigenvalue weighted by Gasteiger charge is 2.17. The van der Waals surface area contributed by atoms with Gasteiger partial charge in [-0.1, -0.05) is 37.2 Å². The molecule has 140 valence electrons. The number of esters is 1. The second-order valence-corrected chi connectivity index (χ2v) is 7.31. The van der Waals surface area contributed by atoms with Crippen molar-refractivity contribution in [3.8, 4) is 0 Å². The first-order valence-electron chi connectivity index (χ1n) is 8.51. The zero-order valence-electron chi connectivity index (χ0n) is 15.0. The monoisotopic (exact) mass is 386 g/mol. The van der Waals surface area contributed by atoms with E-state index in [0.717, 1.165) is 4.88 Å². The molecule has 0 radical (unpaired) electrons. The minimum absolute atomic E-state index is 0.101. The Hall–Kier alpha value is -2.80. The summed E-state index contributed by atoms with van der Waals surface area (Å²) >= 11 is 1.42. The van der Waals surface area contributed by atoms with Crippen LogP contribution in [0.2, 0.25) is 0 Å². The van der Waals surface area contributed by atoms with Gasteiger partial charge in [-0.2, -0.15) is 4.98 Å². The molecule has 27 heavy (non-hydrogen) atoms. The highest BCUT2D eigenvalue weighted by molar-refractivity contribution is 7.11. The largest absolute Gasteiger partial charge is 0.452 e. The lowest BCUT2D eigenvalue weighted by Crippen LogP contribution is -2.07. The van der Waals surface area contributed by atoms with Crippen molar-refractivity contribution in [2.75, 3.05) is 0 Å². The van der Waals surface area contributed by atoms with Crippen LogP contribution in [0, 0.1) is 11.7 Å². The Bertz CT molecular complexity index is 915. The van der Waals surface area contributed by atoms with E-state index in [0.29, 0.717) is 29.3 Å². The molecule has 0 saturated heterocycles. The Morgan fingerprint density at radius 2 is 2.07 bits per heavy atom. The lowest BCUT2D eigenvalue weighted by atomic mass is 10.1. The molecule has 2 aromatic heterocycles. The number of carbonyl (C=O) groups is 1. The molecule has 5 nitrogen and oxygen atoms in total. The van der Waals surface area contributed by atoms with Gasteiger partial charge in [0, 0.05) is 11.3 Å². The molecule has 0 aliphatic heterocycles. The fraction of sp³-hybridized carbons (Fsp3) is 0.250. The minimum atomic E-state index is -0.509. The molecule has 7 heteroatoms. The topological polar surface area (TPSA) is 65.2 Å². The summed E-state index contributed by atoms with van der Waals surface area (Å²) in [6.07, 6.45) is 2.37. The number of rotatable bonds is 7. The van der Waals surface area contributed by atoms with E-state index >= 15 is 0 Å². The fourth-order valence-electron chi connectivity index (χ4n) is 2.39. The van der Waals surface area contributed by atoms with Gasteiger partial charge in [0.05, 0.1) is 5.57 Å². The number of benzene rings is 1. The van der Waals surface area contributed by atoms with Gasteiger partial charge in [-0.05, 0) is 41.1 Å². The second-order valence-electron chi connectivity index (χ2n) is 6.37. The van der Waals surface area contributed by atoms with Crippen molar-refractivity contribution in [2.45, 2.75) is 26.9 Å². The number of nitrogens with zero attached hydrogens (tertiary/aromatic N) is 2. The number of carbonyl (C=O) groups excluding carboxylic acids is 1. The third-order valence-electron chi connectivity index (χ3n) is 3.62. The molecule has 3 aromatic rings. The minimum Gasteiger partial charge on any atom is -0.452 e. The van der Waals surface area contributed by atoms with Gasteiger partial charge in [-0.15, -0.1) is 11.3 Å². The number of halogens is 1. The molecule has 0 amide bonds. The predicted molar refractivity (Wildman–Crippen MR) is 101 cm³/mol. The van der Waals surface area contributed by atoms with Gasteiger partial charge in [0.1, 0.15) is 5.82 Å². The highest BCUT2D eigenvalue weighted by atomic mass is 32.1. The number of thiophene rings is 1.